The van der Waals surface area contributed by atoms with Gasteiger partial charge >= 0.3 is 6.09 Å². The molecule has 1 aromatic rings. The summed E-state index contributed by atoms with van der Waals surface area (Å²) in [6, 6.07) is 8.37. The minimum atomic E-state index is -0.486. The molecule has 0 bridgehead atoms. The molecular weight excluding hydrogens is 463 g/mol. The maximum Gasteiger partial charge on any atom is 0.407 e. The van der Waals surface area contributed by atoms with Crippen LogP contribution in [-0.4, -0.2) is 43.5 Å². The van der Waals surface area contributed by atoms with Crippen LogP contribution in [0.4, 0.5) is 4.79 Å². The Morgan fingerprint density at radius 3 is 2.27 bits per heavy atom. The maximum absolute atomic E-state index is 11.6. The van der Waals surface area contributed by atoms with E-state index in [1.54, 1.807) is 11.8 Å². The Morgan fingerprint density at radius 2 is 1.73 bits per heavy atom. The van der Waals surface area contributed by atoms with E-state index in [1.807, 2.05) is 27.7 Å². The minimum Gasteiger partial charge on any atom is -0.444 e. The highest BCUT2D eigenvalue weighted by molar-refractivity contribution is 14.0. The molecule has 0 heterocycles. The molecule has 8 heteroatoms. The van der Waals surface area contributed by atoms with Gasteiger partial charge in [0.2, 0.25) is 0 Å². The average molecular weight is 494 g/mol. The number of thioether (sulfide) groups is 1. The van der Waals surface area contributed by atoms with Gasteiger partial charge in [0.05, 0.1) is 6.54 Å². The molecule has 0 radical (unpaired) electrons. The van der Waals surface area contributed by atoms with Crippen LogP contribution in [-0.2, 0) is 11.3 Å². The predicted octanol–water partition coefficient (Wildman–Crippen LogP) is 3.61. The van der Waals surface area contributed by atoms with Crippen molar-refractivity contribution in [2.24, 2.45) is 4.99 Å². The normalized spacial score (nSPS) is 11.3. The zero-order valence-electron chi connectivity index (χ0n) is 16.2. The second-order valence-electron chi connectivity index (χ2n) is 6.40. The molecule has 0 atom stereocenters. The fraction of sp³-hybridized carbons (Fsp3) is 0.556. The Kier molecular flexibility index (Phi) is 12.5. The highest BCUT2D eigenvalue weighted by Crippen LogP contribution is 2.15. The number of alkyl carbamates (subject to hydrolysis) is 1. The van der Waals surface area contributed by atoms with E-state index in [9.17, 15) is 4.79 Å². The lowest BCUT2D eigenvalue weighted by molar-refractivity contribution is 0.0529. The molecular formula is C18H31IN4O2S. The monoisotopic (exact) mass is 494 g/mol. The van der Waals surface area contributed by atoms with E-state index >= 15 is 0 Å². The topological polar surface area (TPSA) is 74.8 Å². The van der Waals surface area contributed by atoms with Gasteiger partial charge in [-0.15, -0.1) is 35.7 Å². The molecule has 26 heavy (non-hydrogen) atoms. The molecule has 0 aliphatic carbocycles. The average Bonchev–Trinajstić information content (AvgIpc) is 2.55. The van der Waals surface area contributed by atoms with Crippen LogP contribution in [0.1, 0.15) is 33.3 Å². The molecule has 1 aromatic carbocycles. The summed E-state index contributed by atoms with van der Waals surface area (Å²) in [6.07, 6.45) is 1.65. The van der Waals surface area contributed by atoms with E-state index in [0.717, 1.165) is 18.1 Å². The number of rotatable bonds is 7. The smallest absolute Gasteiger partial charge is 0.407 e. The number of hydrogen-bond acceptors (Lipinski definition) is 4. The standard InChI is InChI=1S/C18H30N4O2S.HI/c1-6-19-16(20-11-12-21-17(23)24-18(2,3)4)22-13-14-7-9-15(25-5)10-8-14;/h7-10H,6,11-13H2,1-5H3,(H,21,23)(H2,19,20,22);1H. The lowest BCUT2D eigenvalue weighted by Gasteiger charge is -2.19. The van der Waals surface area contributed by atoms with E-state index in [2.05, 4.69) is 51.5 Å². The third kappa shape index (κ3) is 11.5. The van der Waals surface area contributed by atoms with Gasteiger partial charge in [0.25, 0.3) is 0 Å². The quantitative estimate of drug-likeness (QED) is 0.178. The van der Waals surface area contributed by atoms with Gasteiger partial charge in [-0.3, -0.25) is 0 Å². The van der Waals surface area contributed by atoms with Crippen LogP contribution >= 0.6 is 35.7 Å². The molecule has 0 unspecified atom stereocenters. The molecule has 0 aliphatic heterocycles. The third-order valence-corrected chi connectivity index (χ3v) is 3.75. The number of guanidine groups is 1. The van der Waals surface area contributed by atoms with Crippen LogP contribution in [0, 0.1) is 0 Å². The van der Waals surface area contributed by atoms with Gasteiger partial charge in [-0.1, -0.05) is 12.1 Å². The van der Waals surface area contributed by atoms with Crippen molar-refractivity contribution >= 4 is 47.8 Å². The van der Waals surface area contributed by atoms with Gasteiger partial charge in [-0.2, -0.15) is 0 Å². The van der Waals surface area contributed by atoms with Crippen molar-refractivity contribution in [2.45, 2.75) is 44.7 Å². The van der Waals surface area contributed by atoms with Crippen molar-refractivity contribution in [3.63, 3.8) is 0 Å². The molecule has 0 spiro atoms. The van der Waals surface area contributed by atoms with E-state index in [4.69, 9.17) is 4.74 Å². The Balaban J connectivity index is 0.00000625. The molecule has 3 N–H and O–H groups in total. The van der Waals surface area contributed by atoms with E-state index < -0.39 is 11.7 Å². The van der Waals surface area contributed by atoms with Gasteiger partial charge in [-0.05, 0) is 51.6 Å². The first-order valence-electron chi connectivity index (χ1n) is 8.46. The van der Waals surface area contributed by atoms with Crippen LogP contribution in [0.2, 0.25) is 0 Å². The molecule has 1 amide bonds. The number of amides is 1. The third-order valence-electron chi connectivity index (χ3n) is 3.01. The van der Waals surface area contributed by atoms with E-state index in [0.29, 0.717) is 19.6 Å². The van der Waals surface area contributed by atoms with Crippen molar-refractivity contribution in [1.82, 2.24) is 16.0 Å². The number of aliphatic imine (C=N–C) groups is 1. The first-order chi connectivity index (χ1) is 11.8. The summed E-state index contributed by atoms with van der Waals surface area (Å²) in [5.74, 6) is 0.724. The summed E-state index contributed by atoms with van der Waals surface area (Å²) in [5, 5.41) is 9.10. The summed E-state index contributed by atoms with van der Waals surface area (Å²) in [5.41, 5.74) is 0.668. The Bertz CT molecular complexity index is 559. The molecule has 6 nitrogen and oxygen atoms in total. The van der Waals surface area contributed by atoms with Crippen molar-refractivity contribution in [3.05, 3.63) is 29.8 Å². The zero-order chi connectivity index (χ0) is 18.7. The number of hydrogen-bond donors (Lipinski definition) is 3. The lowest BCUT2D eigenvalue weighted by Crippen LogP contribution is -2.42. The number of carbonyl (C=O) groups is 1. The first kappa shape index (κ1) is 24.8. The fourth-order valence-electron chi connectivity index (χ4n) is 1.90. The van der Waals surface area contributed by atoms with Crippen molar-refractivity contribution in [3.8, 4) is 0 Å². The van der Waals surface area contributed by atoms with Crippen LogP contribution in [0.3, 0.4) is 0 Å². The van der Waals surface area contributed by atoms with Gasteiger partial charge < -0.3 is 20.7 Å². The SMILES string of the molecule is CCNC(=NCc1ccc(SC)cc1)NCCNC(=O)OC(C)(C)C.I. The number of nitrogens with zero attached hydrogens (tertiary/aromatic N) is 1. The van der Waals surface area contributed by atoms with Crippen molar-refractivity contribution in [2.75, 3.05) is 25.9 Å². The van der Waals surface area contributed by atoms with Gasteiger partial charge in [0.15, 0.2) is 5.96 Å². The second-order valence-corrected chi connectivity index (χ2v) is 7.28. The highest BCUT2D eigenvalue weighted by atomic mass is 127. The molecule has 148 valence electrons. The molecule has 0 saturated heterocycles. The largest absolute Gasteiger partial charge is 0.444 e. The van der Waals surface area contributed by atoms with Crippen LogP contribution < -0.4 is 16.0 Å². The summed E-state index contributed by atoms with van der Waals surface area (Å²) >= 11 is 1.72. The van der Waals surface area contributed by atoms with Crippen molar-refractivity contribution in [1.29, 1.82) is 0 Å². The minimum absolute atomic E-state index is 0. The zero-order valence-corrected chi connectivity index (χ0v) is 19.4. The Hall–Kier alpha value is -1.16. The van der Waals surface area contributed by atoms with Crippen LogP contribution in [0.15, 0.2) is 34.2 Å². The van der Waals surface area contributed by atoms with Gasteiger partial charge in [0, 0.05) is 24.5 Å². The molecule has 0 aliphatic rings. The summed E-state index contributed by atoms with van der Waals surface area (Å²) < 4.78 is 5.19. The number of nitrogens with one attached hydrogen (secondary N) is 3. The predicted molar refractivity (Wildman–Crippen MR) is 121 cm³/mol. The Labute approximate surface area is 178 Å². The maximum atomic E-state index is 11.6. The van der Waals surface area contributed by atoms with Gasteiger partial charge in [-0.25, -0.2) is 9.79 Å². The summed E-state index contributed by atoms with van der Waals surface area (Å²) in [7, 11) is 0. The van der Waals surface area contributed by atoms with E-state index in [-0.39, 0.29) is 24.0 Å². The summed E-state index contributed by atoms with van der Waals surface area (Å²) in [4.78, 5) is 17.4. The first-order valence-corrected chi connectivity index (χ1v) is 9.68. The lowest BCUT2D eigenvalue weighted by atomic mass is 10.2. The number of carbonyl (C=O) groups excluding carboxylic acids is 1. The van der Waals surface area contributed by atoms with Crippen LogP contribution in [0.25, 0.3) is 0 Å². The number of halogens is 1. The number of benzene rings is 1. The second kappa shape index (κ2) is 13.1. The molecule has 0 saturated carbocycles. The van der Waals surface area contributed by atoms with Gasteiger partial charge in [0.1, 0.15) is 5.60 Å². The molecule has 0 aromatic heterocycles. The van der Waals surface area contributed by atoms with E-state index in [1.165, 1.54) is 4.90 Å². The molecule has 0 fully saturated rings. The summed E-state index contributed by atoms with van der Waals surface area (Å²) in [6.45, 7) is 9.94. The highest BCUT2D eigenvalue weighted by Gasteiger charge is 2.15. The van der Waals surface area contributed by atoms with Crippen molar-refractivity contribution < 1.29 is 9.53 Å². The molecule has 1 rings (SSSR count). The number of ether oxygens (including phenoxy) is 1. The van der Waals surface area contributed by atoms with Crippen LogP contribution in [0.5, 0.6) is 0 Å². The fourth-order valence-corrected chi connectivity index (χ4v) is 2.31. The Morgan fingerprint density at radius 1 is 1.12 bits per heavy atom.